The van der Waals surface area contributed by atoms with Crippen molar-refractivity contribution >= 4 is 46.3 Å². The van der Waals surface area contributed by atoms with E-state index in [1.54, 1.807) is 6.92 Å². The molecule has 1 heterocycles. The topological polar surface area (TPSA) is 118 Å². The van der Waals surface area contributed by atoms with Gasteiger partial charge in [-0.25, -0.2) is 0 Å². The number of carbonyl (C=O) groups excluding carboxylic acids is 3. The lowest BCUT2D eigenvalue weighted by atomic mass is 9.87. The van der Waals surface area contributed by atoms with Crippen LogP contribution < -0.4 is 10.6 Å². The maximum atomic E-state index is 13.0. The van der Waals surface area contributed by atoms with Crippen LogP contribution in [0.3, 0.4) is 0 Å². The lowest BCUT2D eigenvalue weighted by Crippen LogP contribution is -2.37. The predicted molar refractivity (Wildman–Crippen MR) is 112 cm³/mol. The highest BCUT2D eigenvalue weighted by Crippen LogP contribution is 2.44. The molecule has 9 heteroatoms. The molecule has 0 radical (unpaired) electrons. The Labute approximate surface area is 175 Å². The number of nitro groups is 1. The summed E-state index contributed by atoms with van der Waals surface area (Å²) in [5, 5.41) is 16.6. The van der Waals surface area contributed by atoms with Crippen molar-refractivity contribution in [3.63, 3.8) is 0 Å². The average Bonchev–Trinajstić information content (AvgIpc) is 2.74. The van der Waals surface area contributed by atoms with E-state index < -0.39 is 22.5 Å². The summed E-state index contributed by atoms with van der Waals surface area (Å²) in [6.45, 7) is 1.66. The van der Waals surface area contributed by atoms with E-state index >= 15 is 0 Å². The predicted octanol–water partition coefficient (Wildman–Crippen LogP) is 3.82. The molecule has 0 unspecified atom stereocenters. The SMILES string of the molecule is Cc1ccc([N+](=O)[O-])cc1NC(=O)C(=O)[C@@H]1CCC2=C(Sc3ccccc3N2)C1=O. The highest BCUT2D eigenvalue weighted by Gasteiger charge is 2.39. The zero-order valence-corrected chi connectivity index (χ0v) is 16.7. The van der Waals surface area contributed by atoms with Gasteiger partial charge in [-0.2, -0.15) is 0 Å². The normalized spacial score (nSPS) is 17.5. The fourth-order valence-corrected chi connectivity index (χ4v) is 4.57. The molecule has 1 amide bonds. The van der Waals surface area contributed by atoms with Gasteiger partial charge in [0.1, 0.15) is 0 Å². The van der Waals surface area contributed by atoms with Gasteiger partial charge in [0, 0.05) is 22.7 Å². The molecular weight excluding hydrogens is 406 g/mol. The van der Waals surface area contributed by atoms with Gasteiger partial charge < -0.3 is 10.6 Å². The van der Waals surface area contributed by atoms with Gasteiger partial charge in [0.15, 0.2) is 5.78 Å². The minimum atomic E-state index is -1.07. The van der Waals surface area contributed by atoms with Gasteiger partial charge in [-0.05, 0) is 37.5 Å². The largest absolute Gasteiger partial charge is 0.357 e. The van der Waals surface area contributed by atoms with Gasteiger partial charge >= 0.3 is 0 Å². The number of anilines is 2. The van der Waals surface area contributed by atoms with E-state index in [0.29, 0.717) is 16.9 Å². The van der Waals surface area contributed by atoms with Crippen molar-refractivity contribution in [3.8, 4) is 0 Å². The van der Waals surface area contributed by atoms with Crippen molar-refractivity contribution < 1.29 is 19.3 Å². The summed E-state index contributed by atoms with van der Waals surface area (Å²) in [6, 6.07) is 11.6. The summed E-state index contributed by atoms with van der Waals surface area (Å²) in [6.07, 6.45) is 0.704. The summed E-state index contributed by atoms with van der Waals surface area (Å²) < 4.78 is 0. The fraction of sp³-hybridized carbons (Fsp3) is 0.190. The first-order valence-corrected chi connectivity index (χ1v) is 10.1. The zero-order chi connectivity index (χ0) is 21.4. The van der Waals surface area contributed by atoms with E-state index in [2.05, 4.69) is 10.6 Å². The minimum absolute atomic E-state index is 0.174. The number of fused-ring (bicyclic) bond motifs is 1. The number of nitro benzene ring substituents is 1. The number of non-ortho nitro benzene ring substituents is 1. The molecule has 30 heavy (non-hydrogen) atoms. The van der Waals surface area contributed by atoms with Gasteiger partial charge in [-0.1, -0.05) is 30.0 Å². The molecule has 0 fully saturated rings. The number of Topliss-reactive ketones (excluding diaryl/α,β-unsaturated/α-hetero) is 2. The molecule has 2 aromatic rings. The molecule has 1 atom stereocenters. The van der Waals surface area contributed by atoms with Crippen LogP contribution in [0.15, 0.2) is 58.0 Å². The molecule has 1 aliphatic heterocycles. The van der Waals surface area contributed by atoms with Gasteiger partial charge in [0.2, 0.25) is 5.78 Å². The fourth-order valence-electron chi connectivity index (χ4n) is 3.45. The minimum Gasteiger partial charge on any atom is -0.357 e. The zero-order valence-electron chi connectivity index (χ0n) is 15.9. The lowest BCUT2D eigenvalue weighted by molar-refractivity contribution is -0.384. The first-order chi connectivity index (χ1) is 14.3. The smallest absolute Gasteiger partial charge is 0.292 e. The molecule has 0 spiro atoms. The number of nitrogens with one attached hydrogen (secondary N) is 2. The van der Waals surface area contributed by atoms with Gasteiger partial charge in [0.05, 0.1) is 27.1 Å². The van der Waals surface area contributed by atoms with Crippen LogP contribution in [0, 0.1) is 23.0 Å². The number of carbonyl (C=O) groups is 3. The van der Waals surface area contributed by atoms with Crippen LogP contribution >= 0.6 is 11.8 Å². The number of benzene rings is 2. The quantitative estimate of drug-likeness (QED) is 0.332. The van der Waals surface area contributed by atoms with Crippen LogP contribution in [-0.4, -0.2) is 22.4 Å². The third kappa shape index (κ3) is 3.59. The summed E-state index contributed by atoms with van der Waals surface area (Å²) in [5.41, 5.74) is 2.23. The number of rotatable bonds is 4. The number of hydrogen-bond acceptors (Lipinski definition) is 7. The number of aryl methyl sites for hydroxylation is 1. The first-order valence-electron chi connectivity index (χ1n) is 9.26. The van der Waals surface area contributed by atoms with E-state index in [1.165, 1.54) is 30.0 Å². The third-order valence-corrected chi connectivity index (χ3v) is 6.33. The number of allylic oxidation sites excluding steroid dienone is 2. The van der Waals surface area contributed by atoms with Gasteiger partial charge in [-0.3, -0.25) is 24.5 Å². The standard InChI is InChI=1S/C21H17N3O5S/c1-11-6-7-12(24(28)29)10-16(11)23-21(27)19(26)13-8-9-15-20(18(13)25)30-17-5-3-2-4-14(17)22-15/h2-7,10,13,22H,8-9H2,1H3,(H,23,27)/t13-/m1/s1. The summed E-state index contributed by atoms with van der Waals surface area (Å²) in [7, 11) is 0. The van der Waals surface area contributed by atoms with E-state index in [4.69, 9.17) is 0 Å². The molecule has 2 aromatic carbocycles. The molecule has 2 N–H and O–H groups in total. The second-order valence-electron chi connectivity index (χ2n) is 7.06. The summed E-state index contributed by atoms with van der Waals surface area (Å²) >= 11 is 1.30. The number of thioether (sulfide) groups is 1. The van der Waals surface area contributed by atoms with E-state index in [9.17, 15) is 24.5 Å². The van der Waals surface area contributed by atoms with E-state index in [1.807, 2.05) is 24.3 Å². The van der Waals surface area contributed by atoms with E-state index in [-0.39, 0.29) is 23.6 Å². The van der Waals surface area contributed by atoms with Crippen LogP contribution in [0.4, 0.5) is 17.1 Å². The molecule has 2 aliphatic rings. The Morgan fingerprint density at radius 2 is 2.00 bits per heavy atom. The number of hydrogen-bond donors (Lipinski definition) is 2. The molecular formula is C21H17N3O5S. The maximum Gasteiger partial charge on any atom is 0.292 e. The lowest BCUT2D eigenvalue weighted by Gasteiger charge is -2.29. The van der Waals surface area contributed by atoms with Crippen LogP contribution in [0.5, 0.6) is 0 Å². The Kier molecular flexibility index (Phi) is 5.13. The first kappa shape index (κ1) is 19.8. The second kappa shape index (κ2) is 7.75. The molecule has 0 aromatic heterocycles. The van der Waals surface area contributed by atoms with Crippen molar-refractivity contribution in [2.75, 3.05) is 10.6 Å². The molecule has 0 saturated carbocycles. The Bertz CT molecular complexity index is 1140. The number of amides is 1. The Hall–Kier alpha value is -3.46. The number of nitrogens with zero attached hydrogens (tertiary/aromatic N) is 1. The van der Waals surface area contributed by atoms with Crippen molar-refractivity contribution in [3.05, 3.63) is 68.7 Å². The summed E-state index contributed by atoms with van der Waals surface area (Å²) in [4.78, 5) is 50.0. The Balaban J connectivity index is 1.52. The van der Waals surface area contributed by atoms with Crippen LogP contribution in [0.2, 0.25) is 0 Å². The molecule has 4 rings (SSSR count). The van der Waals surface area contributed by atoms with Gasteiger partial charge in [0.25, 0.3) is 11.6 Å². The number of ketones is 2. The molecule has 0 saturated heterocycles. The van der Waals surface area contributed by atoms with Crippen molar-refractivity contribution in [2.45, 2.75) is 24.7 Å². The van der Waals surface area contributed by atoms with E-state index in [0.717, 1.165) is 16.3 Å². The summed E-state index contributed by atoms with van der Waals surface area (Å²) in [5.74, 6) is -3.23. The monoisotopic (exact) mass is 423 g/mol. The maximum absolute atomic E-state index is 13.0. The average molecular weight is 423 g/mol. The van der Waals surface area contributed by atoms with Crippen LogP contribution in [0.25, 0.3) is 0 Å². The second-order valence-corrected chi connectivity index (χ2v) is 8.11. The third-order valence-electron chi connectivity index (χ3n) is 5.10. The highest BCUT2D eigenvalue weighted by atomic mass is 32.2. The van der Waals surface area contributed by atoms with Crippen molar-refractivity contribution in [2.24, 2.45) is 5.92 Å². The van der Waals surface area contributed by atoms with Crippen molar-refractivity contribution in [1.82, 2.24) is 0 Å². The van der Waals surface area contributed by atoms with Gasteiger partial charge in [-0.15, -0.1) is 0 Å². The molecule has 8 nitrogen and oxygen atoms in total. The van der Waals surface area contributed by atoms with Crippen LogP contribution in [0.1, 0.15) is 18.4 Å². The molecule has 0 bridgehead atoms. The number of para-hydroxylation sites is 1. The Morgan fingerprint density at radius 1 is 1.23 bits per heavy atom. The molecule has 152 valence electrons. The van der Waals surface area contributed by atoms with Crippen molar-refractivity contribution in [1.29, 1.82) is 0 Å². The molecule has 1 aliphatic carbocycles. The highest BCUT2D eigenvalue weighted by molar-refractivity contribution is 8.04. The Morgan fingerprint density at radius 3 is 2.77 bits per heavy atom. The van der Waals surface area contributed by atoms with Crippen LogP contribution in [-0.2, 0) is 14.4 Å².